The van der Waals surface area contributed by atoms with Gasteiger partial charge in [-0.15, -0.1) is 12.4 Å². The molecule has 1 saturated heterocycles. The molecule has 0 bridgehead atoms. The number of rotatable bonds is 7. The molecule has 5 heteroatoms. The lowest BCUT2D eigenvalue weighted by molar-refractivity contribution is -0.133. The van der Waals surface area contributed by atoms with Crippen LogP contribution in [0.4, 0.5) is 0 Å². The highest BCUT2D eigenvalue weighted by molar-refractivity contribution is 5.85. The number of hydrogen-bond donors (Lipinski definition) is 1. The number of halogens is 1. The van der Waals surface area contributed by atoms with Gasteiger partial charge in [-0.05, 0) is 52.3 Å². The predicted molar refractivity (Wildman–Crippen MR) is 101 cm³/mol. The molecule has 2 rings (SSSR count). The number of nitrogens with one attached hydrogen (secondary N) is 1. The van der Waals surface area contributed by atoms with Crippen LogP contribution in [0.25, 0.3) is 0 Å². The van der Waals surface area contributed by atoms with Gasteiger partial charge < -0.3 is 15.0 Å². The standard InChI is InChI=1S/C19H30N2O2.ClH/c1-4-13-21(17-9-11-20-12-10-17)19(22)14-16-7-5-6-8-18(16)23-15(2)3;/h5-8,15,17,20H,4,9-14H2,1-3H3;1H. The van der Waals surface area contributed by atoms with Crippen molar-refractivity contribution in [2.75, 3.05) is 19.6 Å². The minimum atomic E-state index is 0. The summed E-state index contributed by atoms with van der Waals surface area (Å²) in [6.45, 7) is 9.01. The fourth-order valence-corrected chi connectivity index (χ4v) is 3.15. The van der Waals surface area contributed by atoms with Crippen LogP contribution in [0.5, 0.6) is 5.75 Å². The van der Waals surface area contributed by atoms with E-state index in [1.807, 2.05) is 38.1 Å². The summed E-state index contributed by atoms with van der Waals surface area (Å²) in [7, 11) is 0. The largest absolute Gasteiger partial charge is 0.491 e. The van der Waals surface area contributed by atoms with Gasteiger partial charge in [0.1, 0.15) is 5.75 Å². The van der Waals surface area contributed by atoms with Gasteiger partial charge in [-0.25, -0.2) is 0 Å². The van der Waals surface area contributed by atoms with Crippen LogP contribution < -0.4 is 10.1 Å². The summed E-state index contributed by atoms with van der Waals surface area (Å²) in [4.78, 5) is 15.0. The van der Waals surface area contributed by atoms with Crippen molar-refractivity contribution in [2.24, 2.45) is 0 Å². The third kappa shape index (κ3) is 5.99. The average Bonchev–Trinajstić information content (AvgIpc) is 2.54. The van der Waals surface area contributed by atoms with Crippen molar-refractivity contribution in [3.63, 3.8) is 0 Å². The summed E-state index contributed by atoms with van der Waals surface area (Å²) in [6.07, 6.45) is 3.64. The zero-order chi connectivity index (χ0) is 16.7. The fourth-order valence-electron chi connectivity index (χ4n) is 3.15. The van der Waals surface area contributed by atoms with Crippen molar-refractivity contribution >= 4 is 18.3 Å². The van der Waals surface area contributed by atoms with E-state index < -0.39 is 0 Å². The fraction of sp³-hybridized carbons (Fsp3) is 0.632. The van der Waals surface area contributed by atoms with Gasteiger partial charge >= 0.3 is 0 Å². The molecule has 4 nitrogen and oxygen atoms in total. The van der Waals surface area contributed by atoms with E-state index in [4.69, 9.17) is 4.74 Å². The number of benzene rings is 1. The van der Waals surface area contributed by atoms with Crippen LogP contribution in [0.2, 0.25) is 0 Å². The Bertz CT molecular complexity index is 502. The molecule has 1 N–H and O–H groups in total. The summed E-state index contributed by atoms with van der Waals surface area (Å²) in [5.74, 6) is 1.05. The Labute approximate surface area is 152 Å². The Kier molecular flexibility index (Phi) is 9.16. The molecule has 1 aromatic carbocycles. The molecule has 1 heterocycles. The van der Waals surface area contributed by atoms with Crippen LogP contribution in [-0.4, -0.2) is 42.6 Å². The van der Waals surface area contributed by atoms with Gasteiger partial charge in [0, 0.05) is 18.2 Å². The van der Waals surface area contributed by atoms with E-state index in [0.717, 1.165) is 50.2 Å². The number of nitrogens with zero attached hydrogens (tertiary/aromatic N) is 1. The number of hydrogen-bond acceptors (Lipinski definition) is 3. The van der Waals surface area contributed by atoms with E-state index >= 15 is 0 Å². The molecule has 1 aliphatic rings. The van der Waals surface area contributed by atoms with Crippen LogP contribution in [0.1, 0.15) is 45.6 Å². The van der Waals surface area contributed by atoms with E-state index in [2.05, 4.69) is 17.1 Å². The van der Waals surface area contributed by atoms with Crippen molar-refractivity contribution in [3.8, 4) is 5.75 Å². The SMILES string of the molecule is CCCN(C(=O)Cc1ccccc1OC(C)C)C1CCNCC1.Cl. The molecule has 136 valence electrons. The minimum Gasteiger partial charge on any atom is -0.491 e. The van der Waals surface area contributed by atoms with Crippen molar-refractivity contribution in [2.45, 2.75) is 58.6 Å². The lowest BCUT2D eigenvalue weighted by Gasteiger charge is -2.35. The first kappa shape index (κ1) is 20.8. The Balaban J connectivity index is 0.00000288. The molecule has 1 fully saturated rings. The Morgan fingerprint density at radius 1 is 1.29 bits per heavy atom. The maximum absolute atomic E-state index is 12.9. The topological polar surface area (TPSA) is 41.6 Å². The van der Waals surface area contributed by atoms with E-state index in [-0.39, 0.29) is 24.4 Å². The zero-order valence-corrected chi connectivity index (χ0v) is 15.9. The van der Waals surface area contributed by atoms with Crippen molar-refractivity contribution in [1.29, 1.82) is 0 Å². The second-order valence-electron chi connectivity index (χ2n) is 6.52. The van der Waals surface area contributed by atoms with Crippen molar-refractivity contribution < 1.29 is 9.53 Å². The molecule has 0 atom stereocenters. The summed E-state index contributed by atoms with van der Waals surface area (Å²) >= 11 is 0. The van der Waals surface area contributed by atoms with Gasteiger partial charge in [0.2, 0.25) is 5.91 Å². The normalized spacial score (nSPS) is 15.0. The number of piperidine rings is 1. The molecule has 0 unspecified atom stereocenters. The molecule has 0 aromatic heterocycles. The van der Waals surface area contributed by atoms with E-state index in [1.165, 1.54) is 0 Å². The average molecular weight is 355 g/mol. The summed E-state index contributed by atoms with van der Waals surface area (Å²) in [6, 6.07) is 8.27. The Morgan fingerprint density at radius 2 is 1.96 bits per heavy atom. The minimum absolute atomic E-state index is 0. The van der Waals surface area contributed by atoms with Crippen molar-refractivity contribution in [1.82, 2.24) is 10.2 Å². The maximum Gasteiger partial charge on any atom is 0.227 e. The van der Waals surface area contributed by atoms with E-state index in [1.54, 1.807) is 0 Å². The highest BCUT2D eigenvalue weighted by Gasteiger charge is 2.25. The smallest absolute Gasteiger partial charge is 0.227 e. The van der Waals surface area contributed by atoms with Gasteiger partial charge in [0.15, 0.2) is 0 Å². The van der Waals surface area contributed by atoms with Crippen LogP contribution in [-0.2, 0) is 11.2 Å². The molecule has 0 radical (unpaired) electrons. The second kappa shape index (κ2) is 10.6. The molecule has 0 spiro atoms. The number of ether oxygens (including phenoxy) is 1. The van der Waals surface area contributed by atoms with Crippen molar-refractivity contribution in [3.05, 3.63) is 29.8 Å². The highest BCUT2D eigenvalue weighted by atomic mass is 35.5. The van der Waals surface area contributed by atoms with Crippen LogP contribution >= 0.6 is 12.4 Å². The lowest BCUT2D eigenvalue weighted by atomic mass is 10.0. The number of carbonyl (C=O) groups is 1. The van der Waals surface area contributed by atoms with Crippen LogP contribution in [0.15, 0.2) is 24.3 Å². The third-order valence-electron chi connectivity index (χ3n) is 4.21. The quantitative estimate of drug-likeness (QED) is 0.815. The van der Waals surface area contributed by atoms with Crippen LogP contribution in [0.3, 0.4) is 0 Å². The molecule has 1 aromatic rings. The first-order chi connectivity index (χ1) is 11.1. The maximum atomic E-state index is 12.9. The van der Waals surface area contributed by atoms with Gasteiger partial charge in [0.05, 0.1) is 12.5 Å². The molecule has 0 aliphatic carbocycles. The summed E-state index contributed by atoms with van der Waals surface area (Å²) in [5.41, 5.74) is 0.987. The first-order valence-corrected chi connectivity index (χ1v) is 8.86. The third-order valence-corrected chi connectivity index (χ3v) is 4.21. The van der Waals surface area contributed by atoms with Gasteiger partial charge in [-0.3, -0.25) is 4.79 Å². The molecular weight excluding hydrogens is 324 g/mol. The van der Waals surface area contributed by atoms with E-state index in [9.17, 15) is 4.79 Å². The first-order valence-electron chi connectivity index (χ1n) is 8.86. The Morgan fingerprint density at radius 3 is 2.58 bits per heavy atom. The molecule has 1 aliphatic heterocycles. The molecule has 0 saturated carbocycles. The second-order valence-corrected chi connectivity index (χ2v) is 6.52. The Hall–Kier alpha value is -1.26. The van der Waals surface area contributed by atoms with Gasteiger partial charge in [0.25, 0.3) is 0 Å². The number of carbonyl (C=O) groups excluding carboxylic acids is 1. The molecular formula is C19H31ClN2O2. The predicted octanol–water partition coefficient (Wildman–Crippen LogP) is 3.43. The van der Waals surface area contributed by atoms with Crippen LogP contribution in [0, 0.1) is 0 Å². The van der Waals surface area contributed by atoms with Gasteiger partial charge in [-0.1, -0.05) is 25.1 Å². The number of para-hydroxylation sites is 1. The number of amides is 1. The van der Waals surface area contributed by atoms with Gasteiger partial charge in [-0.2, -0.15) is 0 Å². The van der Waals surface area contributed by atoms with E-state index in [0.29, 0.717) is 12.5 Å². The summed E-state index contributed by atoms with van der Waals surface area (Å²) < 4.78 is 5.85. The summed E-state index contributed by atoms with van der Waals surface area (Å²) in [5, 5.41) is 3.37. The zero-order valence-electron chi connectivity index (χ0n) is 15.1. The lowest BCUT2D eigenvalue weighted by Crippen LogP contribution is -2.47. The highest BCUT2D eigenvalue weighted by Crippen LogP contribution is 2.22. The molecule has 24 heavy (non-hydrogen) atoms. The molecule has 1 amide bonds. The monoisotopic (exact) mass is 354 g/mol.